The number of hydrogen-bond acceptors (Lipinski definition) is 4. The van der Waals surface area contributed by atoms with Crippen LogP contribution in [0.15, 0.2) is 30.3 Å². The molecule has 0 spiro atoms. The zero-order valence-electron chi connectivity index (χ0n) is 14.1. The lowest BCUT2D eigenvalue weighted by Gasteiger charge is -2.32. The van der Waals surface area contributed by atoms with Crippen LogP contribution in [0.25, 0.3) is 0 Å². The molecule has 0 unspecified atom stereocenters. The number of halogens is 1. The van der Waals surface area contributed by atoms with E-state index in [4.69, 9.17) is 10.5 Å². The number of carbonyl (C=O) groups excluding carboxylic acids is 1. The van der Waals surface area contributed by atoms with Gasteiger partial charge in [0, 0.05) is 24.7 Å². The SMILES string of the molecule is NC(=O)c1cc([C@H]2CCCN(CCCOc3ccc(F)cc3)C2)[nH]n1. The molecule has 134 valence electrons. The number of amides is 1. The van der Waals surface area contributed by atoms with Gasteiger partial charge in [-0.15, -0.1) is 0 Å². The Kier molecular flexibility index (Phi) is 5.65. The Morgan fingerprint density at radius 3 is 2.92 bits per heavy atom. The van der Waals surface area contributed by atoms with E-state index in [0.717, 1.165) is 44.6 Å². The molecule has 3 rings (SSSR count). The molecule has 6 nitrogen and oxygen atoms in total. The maximum atomic E-state index is 12.8. The Morgan fingerprint density at radius 1 is 1.40 bits per heavy atom. The lowest BCUT2D eigenvalue weighted by atomic mass is 9.94. The second kappa shape index (κ2) is 8.11. The van der Waals surface area contributed by atoms with Crippen molar-refractivity contribution >= 4 is 5.91 Å². The van der Waals surface area contributed by atoms with Crippen LogP contribution < -0.4 is 10.5 Å². The maximum Gasteiger partial charge on any atom is 0.269 e. The second-order valence-electron chi connectivity index (χ2n) is 6.37. The molecule has 0 aliphatic carbocycles. The molecule has 3 N–H and O–H groups in total. The van der Waals surface area contributed by atoms with E-state index in [1.165, 1.54) is 12.1 Å². The Bertz CT molecular complexity index is 701. The number of likely N-dealkylation sites (tertiary alicyclic amines) is 1. The predicted molar refractivity (Wildman–Crippen MR) is 92.0 cm³/mol. The van der Waals surface area contributed by atoms with E-state index in [0.29, 0.717) is 24.0 Å². The number of ether oxygens (including phenoxy) is 1. The lowest BCUT2D eigenvalue weighted by Crippen LogP contribution is -2.35. The highest BCUT2D eigenvalue weighted by Crippen LogP contribution is 2.26. The summed E-state index contributed by atoms with van der Waals surface area (Å²) in [6.45, 7) is 3.53. The average molecular weight is 346 g/mol. The number of benzene rings is 1. The highest BCUT2D eigenvalue weighted by Gasteiger charge is 2.23. The molecular weight excluding hydrogens is 323 g/mol. The molecule has 1 aromatic heterocycles. The van der Waals surface area contributed by atoms with Crippen molar-refractivity contribution in [3.8, 4) is 5.75 Å². The first-order valence-corrected chi connectivity index (χ1v) is 8.57. The second-order valence-corrected chi connectivity index (χ2v) is 6.37. The van der Waals surface area contributed by atoms with E-state index in [2.05, 4.69) is 15.1 Å². The molecule has 25 heavy (non-hydrogen) atoms. The molecule has 1 atom stereocenters. The van der Waals surface area contributed by atoms with Gasteiger partial charge in [0.2, 0.25) is 0 Å². The van der Waals surface area contributed by atoms with Crippen molar-refractivity contribution in [2.24, 2.45) is 5.73 Å². The van der Waals surface area contributed by atoms with Crippen LogP contribution in [-0.2, 0) is 0 Å². The van der Waals surface area contributed by atoms with Gasteiger partial charge in [-0.25, -0.2) is 4.39 Å². The van der Waals surface area contributed by atoms with Crippen LogP contribution in [0.2, 0.25) is 0 Å². The summed E-state index contributed by atoms with van der Waals surface area (Å²) >= 11 is 0. The minimum absolute atomic E-state index is 0.259. The summed E-state index contributed by atoms with van der Waals surface area (Å²) in [5, 5.41) is 6.90. The molecule has 0 radical (unpaired) electrons. The Morgan fingerprint density at radius 2 is 2.20 bits per heavy atom. The largest absolute Gasteiger partial charge is 0.494 e. The average Bonchev–Trinajstić information content (AvgIpc) is 3.11. The molecule has 1 aliphatic rings. The van der Waals surface area contributed by atoms with Gasteiger partial charge in [0.05, 0.1) is 6.61 Å². The fourth-order valence-electron chi connectivity index (χ4n) is 3.19. The molecule has 1 aromatic carbocycles. The van der Waals surface area contributed by atoms with Gasteiger partial charge in [0.25, 0.3) is 5.91 Å². The van der Waals surface area contributed by atoms with E-state index in [-0.39, 0.29) is 5.82 Å². The zero-order chi connectivity index (χ0) is 17.6. The third-order valence-electron chi connectivity index (χ3n) is 4.50. The summed E-state index contributed by atoms with van der Waals surface area (Å²) in [6.07, 6.45) is 3.08. The van der Waals surface area contributed by atoms with Gasteiger partial charge in [0.15, 0.2) is 0 Å². The van der Waals surface area contributed by atoms with Gasteiger partial charge in [-0.1, -0.05) is 0 Å². The van der Waals surface area contributed by atoms with Crippen LogP contribution in [-0.4, -0.2) is 47.2 Å². The number of piperidine rings is 1. The molecule has 2 aromatic rings. The Labute approximate surface area is 146 Å². The van der Waals surface area contributed by atoms with Crippen molar-refractivity contribution in [2.75, 3.05) is 26.2 Å². The van der Waals surface area contributed by atoms with Crippen LogP contribution in [0.1, 0.15) is 41.4 Å². The number of hydrogen-bond donors (Lipinski definition) is 2. The van der Waals surface area contributed by atoms with Crippen molar-refractivity contribution in [1.82, 2.24) is 15.1 Å². The molecule has 1 fully saturated rings. The molecule has 7 heteroatoms. The predicted octanol–water partition coefficient (Wildman–Crippen LogP) is 2.30. The number of rotatable bonds is 7. The normalized spacial score (nSPS) is 18.2. The Hall–Kier alpha value is -2.41. The highest BCUT2D eigenvalue weighted by molar-refractivity contribution is 5.90. The van der Waals surface area contributed by atoms with Crippen molar-refractivity contribution in [1.29, 1.82) is 0 Å². The van der Waals surface area contributed by atoms with Gasteiger partial charge < -0.3 is 15.4 Å². The van der Waals surface area contributed by atoms with Crippen LogP contribution in [0.5, 0.6) is 5.75 Å². The van der Waals surface area contributed by atoms with Crippen molar-refractivity contribution < 1.29 is 13.9 Å². The van der Waals surface area contributed by atoms with Gasteiger partial charge >= 0.3 is 0 Å². The topological polar surface area (TPSA) is 84.2 Å². The first-order valence-electron chi connectivity index (χ1n) is 8.57. The van der Waals surface area contributed by atoms with Crippen molar-refractivity contribution in [2.45, 2.75) is 25.2 Å². The summed E-state index contributed by atoms with van der Waals surface area (Å²) in [6, 6.07) is 7.83. The molecule has 0 bridgehead atoms. The van der Waals surface area contributed by atoms with E-state index < -0.39 is 5.91 Å². The molecule has 2 heterocycles. The molecule has 1 aliphatic heterocycles. The molecular formula is C18H23FN4O2. The summed E-state index contributed by atoms with van der Waals surface area (Å²) in [4.78, 5) is 13.6. The van der Waals surface area contributed by atoms with Gasteiger partial charge in [0.1, 0.15) is 17.3 Å². The Balaban J connectivity index is 1.43. The third-order valence-corrected chi connectivity index (χ3v) is 4.50. The maximum absolute atomic E-state index is 12.8. The smallest absolute Gasteiger partial charge is 0.269 e. The highest BCUT2D eigenvalue weighted by atomic mass is 19.1. The van der Waals surface area contributed by atoms with Crippen molar-refractivity contribution in [3.05, 3.63) is 47.5 Å². The molecule has 0 saturated carbocycles. The van der Waals surface area contributed by atoms with Gasteiger partial charge in [-0.2, -0.15) is 5.10 Å². The number of nitrogens with two attached hydrogens (primary N) is 1. The fourth-order valence-corrected chi connectivity index (χ4v) is 3.19. The number of primary amides is 1. The lowest BCUT2D eigenvalue weighted by molar-refractivity contribution is 0.0995. The van der Waals surface area contributed by atoms with E-state index in [1.54, 1.807) is 18.2 Å². The summed E-state index contributed by atoms with van der Waals surface area (Å²) in [5.41, 5.74) is 6.52. The first-order chi connectivity index (χ1) is 12.1. The van der Waals surface area contributed by atoms with E-state index in [9.17, 15) is 9.18 Å². The summed E-state index contributed by atoms with van der Waals surface area (Å²) in [5.74, 6) is 0.264. The van der Waals surface area contributed by atoms with Crippen LogP contribution >= 0.6 is 0 Å². The summed E-state index contributed by atoms with van der Waals surface area (Å²) < 4.78 is 18.5. The molecule has 1 saturated heterocycles. The standard InChI is InChI=1S/C18H23FN4O2/c19-14-4-6-15(7-5-14)25-10-2-9-23-8-1-3-13(12-23)16-11-17(18(20)24)22-21-16/h4-7,11,13H,1-3,8-10,12H2,(H2,20,24)(H,21,22)/t13-/m0/s1. The number of nitrogens with zero attached hydrogens (tertiary/aromatic N) is 2. The first kappa shape index (κ1) is 17.4. The minimum atomic E-state index is -0.506. The number of nitrogens with one attached hydrogen (secondary N) is 1. The zero-order valence-corrected chi connectivity index (χ0v) is 14.1. The van der Waals surface area contributed by atoms with Gasteiger partial charge in [-0.05, 0) is 56.1 Å². The van der Waals surface area contributed by atoms with E-state index >= 15 is 0 Å². The van der Waals surface area contributed by atoms with Crippen LogP contribution in [0.3, 0.4) is 0 Å². The monoisotopic (exact) mass is 346 g/mol. The summed E-state index contributed by atoms with van der Waals surface area (Å²) in [7, 11) is 0. The molecule has 1 amide bonds. The number of aromatic nitrogens is 2. The number of aromatic amines is 1. The quantitative estimate of drug-likeness (QED) is 0.754. The van der Waals surface area contributed by atoms with Crippen LogP contribution in [0, 0.1) is 5.82 Å². The number of H-pyrrole nitrogens is 1. The third kappa shape index (κ3) is 4.79. The van der Waals surface area contributed by atoms with Crippen LogP contribution in [0.4, 0.5) is 4.39 Å². The number of carbonyl (C=O) groups is 1. The van der Waals surface area contributed by atoms with E-state index in [1.807, 2.05) is 0 Å². The minimum Gasteiger partial charge on any atom is -0.494 e. The fraction of sp³-hybridized carbons (Fsp3) is 0.444. The van der Waals surface area contributed by atoms with Crippen molar-refractivity contribution in [3.63, 3.8) is 0 Å². The van der Waals surface area contributed by atoms with Gasteiger partial charge in [-0.3, -0.25) is 9.89 Å².